The van der Waals surface area contributed by atoms with Crippen LogP contribution in [0.25, 0.3) is 0 Å². The standard InChI is InChI=1S/C12H16N4OS/c1-4-16-7-14-15-11(16)6-13-12(17)10-5-8(2)9(3)18-10/h5,7H,4,6H2,1-3H3,(H,13,17). The summed E-state index contributed by atoms with van der Waals surface area (Å²) in [6.07, 6.45) is 1.67. The SMILES string of the molecule is CCn1cnnc1CNC(=O)c1cc(C)c(C)s1. The van der Waals surface area contributed by atoms with Crippen LogP contribution in [-0.2, 0) is 13.1 Å². The molecule has 0 saturated carbocycles. The predicted octanol–water partition coefficient (Wildman–Crippen LogP) is 1.91. The summed E-state index contributed by atoms with van der Waals surface area (Å²) in [4.78, 5) is 13.9. The highest BCUT2D eigenvalue weighted by molar-refractivity contribution is 7.14. The zero-order valence-corrected chi connectivity index (χ0v) is 11.5. The molecule has 0 atom stereocenters. The number of rotatable bonds is 4. The molecule has 1 N–H and O–H groups in total. The van der Waals surface area contributed by atoms with Gasteiger partial charge < -0.3 is 9.88 Å². The van der Waals surface area contributed by atoms with Crippen molar-refractivity contribution in [3.05, 3.63) is 33.5 Å². The predicted molar refractivity (Wildman–Crippen MR) is 70.7 cm³/mol. The fourth-order valence-electron chi connectivity index (χ4n) is 1.61. The van der Waals surface area contributed by atoms with E-state index in [-0.39, 0.29) is 5.91 Å². The average molecular weight is 264 g/mol. The smallest absolute Gasteiger partial charge is 0.261 e. The first kappa shape index (κ1) is 12.8. The Kier molecular flexibility index (Phi) is 3.76. The lowest BCUT2D eigenvalue weighted by Gasteiger charge is -2.04. The molecule has 0 spiro atoms. The molecule has 18 heavy (non-hydrogen) atoms. The number of hydrogen-bond acceptors (Lipinski definition) is 4. The number of aryl methyl sites for hydroxylation is 3. The summed E-state index contributed by atoms with van der Waals surface area (Å²) in [6.45, 7) is 7.25. The van der Waals surface area contributed by atoms with Gasteiger partial charge in [0.1, 0.15) is 6.33 Å². The van der Waals surface area contributed by atoms with E-state index in [1.54, 1.807) is 6.33 Å². The van der Waals surface area contributed by atoms with Crippen LogP contribution < -0.4 is 5.32 Å². The molecule has 5 nitrogen and oxygen atoms in total. The van der Waals surface area contributed by atoms with Crippen molar-refractivity contribution in [3.8, 4) is 0 Å². The summed E-state index contributed by atoms with van der Waals surface area (Å²) in [5.41, 5.74) is 1.15. The fourth-order valence-corrected chi connectivity index (χ4v) is 2.56. The van der Waals surface area contributed by atoms with Crippen molar-refractivity contribution < 1.29 is 4.79 Å². The summed E-state index contributed by atoms with van der Waals surface area (Å²) in [5, 5.41) is 10.7. The minimum absolute atomic E-state index is 0.0538. The van der Waals surface area contributed by atoms with E-state index in [0.29, 0.717) is 6.54 Å². The van der Waals surface area contributed by atoms with Crippen LogP contribution in [0.15, 0.2) is 12.4 Å². The Bertz CT molecular complexity index is 539. The highest BCUT2D eigenvalue weighted by Crippen LogP contribution is 2.20. The molecule has 0 aliphatic carbocycles. The van der Waals surface area contributed by atoms with Gasteiger partial charge in [-0.1, -0.05) is 0 Å². The quantitative estimate of drug-likeness (QED) is 0.917. The van der Waals surface area contributed by atoms with E-state index in [4.69, 9.17) is 0 Å². The van der Waals surface area contributed by atoms with Gasteiger partial charge in [0, 0.05) is 11.4 Å². The van der Waals surface area contributed by atoms with Gasteiger partial charge >= 0.3 is 0 Å². The molecule has 6 heteroatoms. The van der Waals surface area contributed by atoms with Gasteiger partial charge in [-0.25, -0.2) is 0 Å². The number of amides is 1. The van der Waals surface area contributed by atoms with Gasteiger partial charge in [-0.3, -0.25) is 4.79 Å². The largest absolute Gasteiger partial charge is 0.344 e. The van der Waals surface area contributed by atoms with E-state index < -0.39 is 0 Å². The molecule has 0 aliphatic heterocycles. The Balaban J connectivity index is 2.00. The van der Waals surface area contributed by atoms with E-state index in [9.17, 15) is 4.79 Å². The van der Waals surface area contributed by atoms with Crippen LogP contribution >= 0.6 is 11.3 Å². The fraction of sp³-hybridized carbons (Fsp3) is 0.417. The number of carbonyl (C=O) groups is 1. The molecule has 1 amide bonds. The molecule has 2 aromatic rings. The first-order chi connectivity index (χ1) is 8.61. The summed E-state index contributed by atoms with van der Waals surface area (Å²) in [6, 6.07) is 1.92. The highest BCUT2D eigenvalue weighted by Gasteiger charge is 2.11. The zero-order chi connectivity index (χ0) is 13.1. The molecule has 2 aromatic heterocycles. The van der Waals surface area contributed by atoms with Crippen molar-refractivity contribution in [2.45, 2.75) is 33.9 Å². The lowest BCUT2D eigenvalue weighted by Crippen LogP contribution is -2.23. The average Bonchev–Trinajstić information content (AvgIpc) is 2.93. The second kappa shape index (κ2) is 5.30. The molecule has 0 saturated heterocycles. The van der Waals surface area contributed by atoms with Gasteiger partial charge in [-0.15, -0.1) is 21.5 Å². The van der Waals surface area contributed by atoms with E-state index in [2.05, 4.69) is 15.5 Å². The number of nitrogens with zero attached hydrogens (tertiary/aromatic N) is 3. The van der Waals surface area contributed by atoms with Crippen molar-refractivity contribution in [1.82, 2.24) is 20.1 Å². The Hall–Kier alpha value is -1.69. The maximum atomic E-state index is 11.9. The number of nitrogens with one attached hydrogen (secondary N) is 1. The van der Waals surface area contributed by atoms with Crippen LogP contribution in [0.3, 0.4) is 0 Å². The molecule has 96 valence electrons. The minimum Gasteiger partial charge on any atom is -0.344 e. The Morgan fingerprint density at radius 2 is 2.28 bits per heavy atom. The molecule has 2 heterocycles. The molecular weight excluding hydrogens is 248 g/mol. The van der Waals surface area contributed by atoms with Gasteiger partial charge in [0.2, 0.25) is 0 Å². The Labute approximate surface area is 110 Å². The maximum Gasteiger partial charge on any atom is 0.261 e. The molecular formula is C12H16N4OS. The van der Waals surface area contributed by atoms with Crippen molar-refractivity contribution in [3.63, 3.8) is 0 Å². The van der Waals surface area contributed by atoms with Crippen molar-refractivity contribution in [1.29, 1.82) is 0 Å². The molecule has 0 bridgehead atoms. The van der Waals surface area contributed by atoms with Crippen LogP contribution in [-0.4, -0.2) is 20.7 Å². The van der Waals surface area contributed by atoms with Gasteiger partial charge in [-0.05, 0) is 32.4 Å². The summed E-state index contributed by atoms with van der Waals surface area (Å²) < 4.78 is 1.91. The summed E-state index contributed by atoms with van der Waals surface area (Å²) in [5.74, 6) is 0.720. The molecule has 0 unspecified atom stereocenters. The van der Waals surface area contributed by atoms with Gasteiger partial charge in [0.15, 0.2) is 5.82 Å². The molecule has 0 aromatic carbocycles. The van der Waals surface area contributed by atoms with Gasteiger partial charge in [0.05, 0.1) is 11.4 Å². The minimum atomic E-state index is -0.0538. The second-order valence-corrected chi connectivity index (χ2v) is 5.32. The van der Waals surface area contributed by atoms with Gasteiger partial charge in [-0.2, -0.15) is 0 Å². The molecule has 0 fully saturated rings. The third-order valence-corrected chi connectivity index (χ3v) is 3.98. The lowest BCUT2D eigenvalue weighted by atomic mass is 10.3. The topological polar surface area (TPSA) is 59.8 Å². The first-order valence-corrected chi connectivity index (χ1v) is 6.65. The highest BCUT2D eigenvalue weighted by atomic mass is 32.1. The third kappa shape index (κ3) is 2.59. The maximum absolute atomic E-state index is 11.9. The molecule has 0 radical (unpaired) electrons. The van der Waals surface area contributed by atoms with Crippen LogP contribution in [0.1, 0.15) is 32.9 Å². The third-order valence-electron chi connectivity index (χ3n) is 2.83. The van der Waals surface area contributed by atoms with E-state index in [1.807, 2.05) is 31.4 Å². The Morgan fingerprint density at radius 3 is 2.89 bits per heavy atom. The van der Waals surface area contributed by atoms with Crippen molar-refractivity contribution >= 4 is 17.2 Å². The lowest BCUT2D eigenvalue weighted by molar-refractivity contribution is 0.0953. The van der Waals surface area contributed by atoms with E-state index in [0.717, 1.165) is 22.8 Å². The summed E-state index contributed by atoms with van der Waals surface area (Å²) in [7, 11) is 0. The van der Waals surface area contributed by atoms with Crippen LogP contribution in [0.5, 0.6) is 0 Å². The molecule has 0 aliphatic rings. The molecule has 2 rings (SSSR count). The first-order valence-electron chi connectivity index (χ1n) is 5.83. The van der Waals surface area contributed by atoms with E-state index in [1.165, 1.54) is 16.2 Å². The van der Waals surface area contributed by atoms with Crippen LogP contribution in [0.2, 0.25) is 0 Å². The normalized spacial score (nSPS) is 10.6. The zero-order valence-electron chi connectivity index (χ0n) is 10.7. The number of carbonyl (C=O) groups excluding carboxylic acids is 1. The van der Waals surface area contributed by atoms with E-state index >= 15 is 0 Å². The monoisotopic (exact) mass is 264 g/mol. The number of aromatic nitrogens is 3. The number of hydrogen-bond donors (Lipinski definition) is 1. The number of thiophene rings is 1. The van der Waals surface area contributed by atoms with Crippen LogP contribution in [0, 0.1) is 13.8 Å². The van der Waals surface area contributed by atoms with Crippen LogP contribution in [0.4, 0.5) is 0 Å². The van der Waals surface area contributed by atoms with Gasteiger partial charge in [0.25, 0.3) is 5.91 Å². The van der Waals surface area contributed by atoms with Crippen molar-refractivity contribution in [2.24, 2.45) is 0 Å². The Morgan fingerprint density at radius 1 is 1.50 bits per heavy atom. The van der Waals surface area contributed by atoms with Crippen molar-refractivity contribution in [2.75, 3.05) is 0 Å². The summed E-state index contributed by atoms with van der Waals surface area (Å²) >= 11 is 1.51. The second-order valence-electron chi connectivity index (χ2n) is 4.07.